The van der Waals surface area contributed by atoms with Crippen LogP contribution in [0.3, 0.4) is 0 Å². The first-order valence-electron chi connectivity index (χ1n) is 4.87. The van der Waals surface area contributed by atoms with Crippen molar-refractivity contribution < 1.29 is 19.5 Å². The predicted octanol–water partition coefficient (Wildman–Crippen LogP) is -0.756. The molecule has 3 N–H and O–H groups in total. The standard InChI is InChI=1S/C9H14N2O4/c1-2-5-8(14)11-6(9(15)10-5)3-4-7(12)13/h5-6H,2-4H2,1H3,(H,10,15)(H,11,14)(H,12,13). The van der Waals surface area contributed by atoms with E-state index in [1.54, 1.807) is 6.92 Å². The van der Waals surface area contributed by atoms with Crippen molar-refractivity contribution in [1.82, 2.24) is 10.6 Å². The lowest BCUT2D eigenvalue weighted by atomic mass is 10.0. The first-order chi connectivity index (χ1) is 7.04. The van der Waals surface area contributed by atoms with Crippen molar-refractivity contribution in [2.24, 2.45) is 0 Å². The first-order valence-corrected chi connectivity index (χ1v) is 4.87. The average molecular weight is 214 g/mol. The van der Waals surface area contributed by atoms with Gasteiger partial charge in [-0.05, 0) is 12.8 Å². The van der Waals surface area contributed by atoms with E-state index in [0.717, 1.165) is 0 Å². The monoisotopic (exact) mass is 214 g/mol. The van der Waals surface area contributed by atoms with Crippen LogP contribution in [0.2, 0.25) is 0 Å². The summed E-state index contributed by atoms with van der Waals surface area (Å²) in [5.74, 6) is -1.52. The van der Waals surface area contributed by atoms with E-state index in [1.807, 2.05) is 0 Å². The number of aliphatic carboxylic acids is 1. The summed E-state index contributed by atoms with van der Waals surface area (Å²) in [6.45, 7) is 1.79. The van der Waals surface area contributed by atoms with E-state index in [1.165, 1.54) is 0 Å². The normalized spacial score (nSPS) is 25.7. The largest absolute Gasteiger partial charge is 0.481 e. The molecule has 0 aromatic heterocycles. The third-order valence-electron chi connectivity index (χ3n) is 2.32. The Balaban J connectivity index is 2.51. The number of nitrogens with one attached hydrogen (secondary N) is 2. The zero-order valence-corrected chi connectivity index (χ0v) is 8.45. The molecule has 1 aliphatic rings. The van der Waals surface area contributed by atoms with Gasteiger partial charge in [-0.3, -0.25) is 14.4 Å². The topological polar surface area (TPSA) is 95.5 Å². The molecule has 1 aliphatic heterocycles. The van der Waals surface area contributed by atoms with Gasteiger partial charge in [0.15, 0.2) is 0 Å². The van der Waals surface area contributed by atoms with Crippen LogP contribution in [-0.2, 0) is 14.4 Å². The molecule has 0 aromatic carbocycles. The van der Waals surface area contributed by atoms with Crippen molar-refractivity contribution >= 4 is 17.8 Å². The van der Waals surface area contributed by atoms with Gasteiger partial charge in [0, 0.05) is 6.42 Å². The SMILES string of the molecule is CCC1NC(=O)C(CCC(=O)O)NC1=O. The molecule has 0 saturated carbocycles. The molecule has 6 heteroatoms. The van der Waals surface area contributed by atoms with Crippen LogP contribution in [0.5, 0.6) is 0 Å². The fourth-order valence-corrected chi connectivity index (χ4v) is 1.43. The predicted molar refractivity (Wildman–Crippen MR) is 51.0 cm³/mol. The fourth-order valence-electron chi connectivity index (χ4n) is 1.43. The number of carboxylic acids is 1. The van der Waals surface area contributed by atoms with Gasteiger partial charge in [-0.15, -0.1) is 0 Å². The molecule has 6 nitrogen and oxygen atoms in total. The Hall–Kier alpha value is -1.59. The van der Waals surface area contributed by atoms with Gasteiger partial charge in [0.2, 0.25) is 11.8 Å². The van der Waals surface area contributed by atoms with Crippen molar-refractivity contribution in [3.63, 3.8) is 0 Å². The molecule has 84 valence electrons. The minimum Gasteiger partial charge on any atom is -0.481 e. The summed E-state index contributed by atoms with van der Waals surface area (Å²) in [6.07, 6.45) is 0.529. The molecule has 0 spiro atoms. The third-order valence-corrected chi connectivity index (χ3v) is 2.32. The summed E-state index contributed by atoms with van der Waals surface area (Å²) < 4.78 is 0. The van der Waals surface area contributed by atoms with Crippen LogP contribution in [0.4, 0.5) is 0 Å². The number of piperazine rings is 1. The molecule has 15 heavy (non-hydrogen) atoms. The lowest BCUT2D eigenvalue weighted by molar-refractivity contribution is -0.139. The molecule has 2 amide bonds. The Labute approximate surface area is 87.0 Å². The van der Waals surface area contributed by atoms with Crippen molar-refractivity contribution in [2.45, 2.75) is 38.3 Å². The van der Waals surface area contributed by atoms with Gasteiger partial charge in [0.05, 0.1) is 0 Å². The van der Waals surface area contributed by atoms with Crippen LogP contribution in [0.25, 0.3) is 0 Å². The summed E-state index contributed by atoms with van der Waals surface area (Å²) >= 11 is 0. The maximum absolute atomic E-state index is 11.4. The highest BCUT2D eigenvalue weighted by molar-refractivity contribution is 5.97. The Morgan fingerprint density at radius 1 is 1.27 bits per heavy atom. The summed E-state index contributed by atoms with van der Waals surface area (Å²) in [4.78, 5) is 33.1. The third kappa shape index (κ3) is 2.93. The highest BCUT2D eigenvalue weighted by Crippen LogP contribution is 2.05. The van der Waals surface area contributed by atoms with Crippen LogP contribution in [0.1, 0.15) is 26.2 Å². The van der Waals surface area contributed by atoms with Gasteiger partial charge in [0.1, 0.15) is 12.1 Å². The maximum Gasteiger partial charge on any atom is 0.303 e. The second kappa shape index (κ2) is 4.77. The van der Waals surface area contributed by atoms with Crippen molar-refractivity contribution in [1.29, 1.82) is 0 Å². The van der Waals surface area contributed by atoms with Gasteiger partial charge in [0.25, 0.3) is 0 Å². The van der Waals surface area contributed by atoms with Crippen molar-refractivity contribution in [2.75, 3.05) is 0 Å². The highest BCUT2D eigenvalue weighted by Gasteiger charge is 2.32. The zero-order valence-electron chi connectivity index (χ0n) is 8.45. The van der Waals surface area contributed by atoms with E-state index >= 15 is 0 Å². The Morgan fingerprint density at radius 3 is 2.33 bits per heavy atom. The van der Waals surface area contributed by atoms with Gasteiger partial charge < -0.3 is 15.7 Å². The van der Waals surface area contributed by atoms with Gasteiger partial charge in [-0.25, -0.2) is 0 Å². The number of rotatable bonds is 4. The molecule has 1 fully saturated rings. The number of amides is 2. The molecule has 0 aliphatic carbocycles. The average Bonchev–Trinajstić information content (AvgIpc) is 2.18. The molecule has 1 saturated heterocycles. The summed E-state index contributed by atoms with van der Waals surface area (Å²) in [5, 5.41) is 13.5. The highest BCUT2D eigenvalue weighted by atomic mass is 16.4. The summed E-state index contributed by atoms with van der Waals surface area (Å²) in [5.41, 5.74) is 0. The number of carbonyl (C=O) groups is 3. The van der Waals surface area contributed by atoms with E-state index in [2.05, 4.69) is 10.6 Å². The second-order valence-corrected chi connectivity index (χ2v) is 3.46. The smallest absolute Gasteiger partial charge is 0.303 e. The van der Waals surface area contributed by atoms with Gasteiger partial charge in [-0.2, -0.15) is 0 Å². The first kappa shape index (κ1) is 11.5. The molecule has 1 rings (SSSR count). The second-order valence-electron chi connectivity index (χ2n) is 3.46. The van der Waals surface area contributed by atoms with Crippen molar-refractivity contribution in [3.05, 3.63) is 0 Å². The molecular weight excluding hydrogens is 200 g/mol. The van der Waals surface area contributed by atoms with Crippen LogP contribution < -0.4 is 10.6 Å². The Kier molecular flexibility index (Phi) is 3.65. The fraction of sp³-hybridized carbons (Fsp3) is 0.667. The quantitative estimate of drug-likeness (QED) is 0.573. The van der Waals surface area contributed by atoms with Gasteiger partial charge >= 0.3 is 5.97 Å². The summed E-state index contributed by atoms with van der Waals surface area (Å²) in [7, 11) is 0. The number of carbonyl (C=O) groups excluding carboxylic acids is 2. The van der Waals surface area contributed by atoms with E-state index in [4.69, 9.17) is 5.11 Å². The zero-order chi connectivity index (χ0) is 11.4. The minimum absolute atomic E-state index is 0.128. The lowest BCUT2D eigenvalue weighted by Crippen LogP contribution is -2.61. The molecule has 2 atom stereocenters. The number of carboxylic acid groups (broad SMARTS) is 1. The van der Waals surface area contributed by atoms with E-state index in [-0.39, 0.29) is 24.7 Å². The Bertz CT molecular complexity index is 290. The molecule has 2 unspecified atom stereocenters. The van der Waals surface area contributed by atoms with E-state index < -0.39 is 18.1 Å². The lowest BCUT2D eigenvalue weighted by Gasteiger charge is -2.28. The molecule has 0 radical (unpaired) electrons. The van der Waals surface area contributed by atoms with Crippen molar-refractivity contribution in [3.8, 4) is 0 Å². The minimum atomic E-state index is -0.977. The Morgan fingerprint density at radius 2 is 1.80 bits per heavy atom. The molecule has 1 heterocycles. The van der Waals surface area contributed by atoms with E-state index in [9.17, 15) is 14.4 Å². The molecular formula is C9H14N2O4. The van der Waals surface area contributed by atoms with Gasteiger partial charge in [-0.1, -0.05) is 6.92 Å². The van der Waals surface area contributed by atoms with E-state index in [0.29, 0.717) is 6.42 Å². The van der Waals surface area contributed by atoms with Crippen LogP contribution in [-0.4, -0.2) is 35.0 Å². The molecule has 0 bridgehead atoms. The summed E-state index contributed by atoms with van der Waals surface area (Å²) in [6, 6.07) is -1.20. The van der Waals surface area contributed by atoms with Crippen LogP contribution in [0, 0.1) is 0 Å². The number of hydrogen-bond donors (Lipinski definition) is 3. The van der Waals surface area contributed by atoms with Crippen LogP contribution in [0.15, 0.2) is 0 Å². The number of hydrogen-bond acceptors (Lipinski definition) is 3. The molecule has 0 aromatic rings. The van der Waals surface area contributed by atoms with Crippen LogP contribution >= 0.6 is 0 Å². The maximum atomic E-state index is 11.4.